The van der Waals surface area contributed by atoms with E-state index in [9.17, 15) is 0 Å². The van der Waals surface area contributed by atoms with E-state index < -0.39 is 5.54 Å². The second kappa shape index (κ2) is 3.55. The third-order valence-corrected chi connectivity index (χ3v) is 3.70. The highest BCUT2D eigenvalue weighted by Gasteiger charge is 2.49. The molecule has 1 fully saturated rings. The minimum atomic E-state index is -0.416. The first kappa shape index (κ1) is 11.6. The smallest absolute Gasteiger partial charge is 0.226 e. The molecule has 1 aliphatic rings. The monoisotopic (exact) mass is 223 g/mol. The first-order chi connectivity index (χ1) is 7.37. The van der Waals surface area contributed by atoms with Crippen molar-refractivity contribution in [3.8, 4) is 0 Å². The van der Waals surface area contributed by atoms with Gasteiger partial charge in [0.1, 0.15) is 0 Å². The zero-order valence-corrected chi connectivity index (χ0v) is 10.6. The molecular formula is C12H21N3O. The van der Waals surface area contributed by atoms with Crippen LogP contribution < -0.4 is 5.73 Å². The highest BCUT2D eigenvalue weighted by Crippen LogP contribution is 2.50. The van der Waals surface area contributed by atoms with E-state index in [-0.39, 0.29) is 5.41 Å². The van der Waals surface area contributed by atoms with Gasteiger partial charge in [0.25, 0.3) is 0 Å². The van der Waals surface area contributed by atoms with Crippen LogP contribution in [0.3, 0.4) is 0 Å². The maximum absolute atomic E-state index is 6.48. The van der Waals surface area contributed by atoms with Crippen molar-refractivity contribution in [1.29, 1.82) is 0 Å². The minimum absolute atomic E-state index is 0.265. The Bertz CT molecular complexity index is 385. The highest BCUT2D eigenvalue weighted by molar-refractivity contribution is 5.12. The Morgan fingerprint density at radius 1 is 1.50 bits per heavy atom. The predicted octanol–water partition coefficient (Wildman–Crippen LogP) is 2.24. The Morgan fingerprint density at radius 3 is 2.62 bits per heavy atom. The van der Waals surface area contributed by atoms with Gasteiger partial charge >= 0.3 is 0 Å². The van der Waals surface area contributed by atoms with Gasteiger partial charge in [-0.3, -0.25) is 0 Å². The summed E-state index contributed by atoms with van der Waals surface area (Å²) < 4.78 is 5.17. The van der Waals surface area contributed by atoms with Gasteiger partial charge in [-0.2, -0.15) is 4.98 Å². The normalized spacial score (nSPS) is 33.2. The molecule has 2 atom stereocenters. The van der Waals surface area contributed by atoms with Crippen LogP contribution in [0.5, 0.6) is 0 Å². The summed E-state index contributed by atoms with van der Waals surface area (Å²) in [7, 11) is 0. The fraction of sp³-hybridized carbons (Fsp3) is 0.833. The summed E-state index contributed by atoms with van der Waals surface area (Å²) in [6, 6.07) is 0. The highest BCUT2D eigenvalue weighted by atomic mass is 16.5. The molecule has 0 amide bonds. The number of hydrogen-bond donors (Lipinski definition) is 1. The van der Waals surface area contributed by atoms with Crippen LogP contribution in [-0.2, 0) is 12.0 Å². The standard InChI is InChI=1S/C12H21N3O/c1-5-9-14-10(15-16-9)12(13)7-11(3,4)6-8(12)2/h8H,5-7,13H2,1-4H3. The molecule has 1 aliphatic carbocycles. The van der Waals surface area contributed by atoms with E-state index in [0.717, 1.165) is 19.3 Å². The molecule has 0 saturated heterocycles. The summed E-state index contributed by atoms with van der Waals surface area (Å²) in [5.41, 5.74) is 6.33. The van der Waals surface area contributed by atoms with Crippen LogP contribution in [-0.4, -0.2) is 10.1 Å². The summed E-state index contributed by atoms with van der Waals surface area (Å²) in [5, 5.41) is 4.05. The topological polar surface area (TPSA) is 64.9 Å². The number of rotatable bonds is 2. The van der Waals surface area contributed by atoms with Gasteiger partial charge in [0, 0.05) is 6.42 Å². The van der Waals surface area contributed by atoms with E-state index in [4.69, 9.17) is 10.3 Å². The van der Waals surface area contributed by atoms with Gasteiger partial charge in [-0.15, -0.1) is 0 Å². The largest absolute Gasteiger partial charge is 0.339 e. The first-order valence-electron chi connectivity index (χ1n) is 5.99. The predicted molar refractivity (Wildman–Crippen MR) is 61.7 cm³/mol. The SMILES string of the molecule is CCc1nc(C2(N)CC(C)(C)CC2C)no1. The Hall–Kier alpha value is -0.900. The van der Waals surface area contributed by atoms with Gasteiger partial charge in [-0.25, -0.2) is 0 Å². The average Bonchev–Trinajstić information content (AvgIpc) is 2.70. The Kier molecular flexibility index (Phi) is 2.57. The summed E-state index contributed by atoms with van der Waals surface area (Å²) >= 11 is 0. The minimum Gasteiger partial charge on any atom is -0.339 e. The van der Waals surface area contributed by atoms with Crippen molar-refractivity contribution in [1.82, 2.24) is 10.1 Å². The molecule has 0 aliphatic heterocycles. The maximum atomic E-state index is 6.48. The molecule has 4 heteroatoms. The van der Waals surface area contributed by atoms with E-state index in [2.05, 4.69) is 30.9 Å². The van der Waals surface area contributed by atoms with Gasteiger partial charge < -0.3 is 10.3 Å². The molecule has 0 aromatic carbocycles. The van der Waals surface area contributed by atoms with Gasteiger partial charge in [0.15, 0.2) is 5.82 Å². The average molecular weight is 223 g/mol. The number of nitrogens with zero attached hydrogens (tertiary/aromatic N) is 2. The third kappa shape index (κ3) is 1.75. The summed E-state index contributed by atoms with van der Waals surface area (Å²) in [6.45, 7) is 8.68. The van der Waals surface area contributed by atoms with Crippen molar-refractivity contribution >= 4 is 0 Å². The quantitative estimate of drug-likeness (QED) is 0.835. The van der Waals surface area contributed by atoms with E-state index in [1.54, 1.807) is 0 Å². The van der Waals surface area contributed by atoms with Crippen LogP contribution in [0.2, 0.25) is 0 Å². The molecule has 1 aromatic heterocycles. The molecule has 0 radical (unpaired) electrons. The Balaban J connectivity index is 2.32. The molecule has 1 saturated carbocycles. The number of hydrogen-bond acceptors (Lipinski definition) is 4. The van der Waals surface area contributed by atoms with Crippen LogP contribution in [0.4, 0.5) is 0 Å². The first-order valence-corrected chi connectivity index (χ1v) is 5.99. The maximum Gasteiger partial charge on any atom is 0.226 e. The summed E-state index contributed by atoms with van der Waals surface area (Å²) in [6.07, 6.45) is 2.80. The molecule has 0 bridgehead atoms. The number of aromatic nitrogens is 2. The van der Waals surface area contributed by atoms with Crippen LogP contribution in [0.15, 0.2) is 4.52 Å². The second-order valence-corrected chi connectivity index (χ2v) is 5.85. The van der Waals surface area contributed by atoms with E-state index in [0.29, 0.717) is 17.6 Å². The van der Waals surface area contributed by atoms with Crippen molar-refractivity contribution in [2.75, 3.05) is 0 Å². The van der Waals surface area contributed by atoms with E-state index >= 15 is 0 Å². The van der Waals surface area contributed by atoms with Crippen molar-refractivity contribution in [3.63, 3.8) is 0 Å². The van der Waals surface area contributed by atoms with E-state index in [1.165, 1.54) is 0 Å². The molecule has 90 valence electrons. The molecule has 1 heterocycles. The van der Waals surface area contributed by atoms with Gasteiger partial charge in [-0.05, 0) is 24.2 Å². The van der Waals surface area contributed by atoms with Crippen molar-refractivity contribution in [2.24, 2.45) is 17.1 Å². The second-order valence-electron chi connectivity index (χ2n) is 5.85. The fourth-order valence-corrected chi connectivity index (χ4v) is 2.94. The zero-order valence-electron chi connectivity index (χ0n) is 10.6. The molecule has 1 aromatic rings. The Labute approximate surface area is 96.6 Å². The van der Waals surface area contributed by atoms with Gasteiger partial charge in [0.2, 0.25) is 5.89 Å². The molecule has 16 heavy (non-hydrogen) atoms. The van der Waals surface area contributed by atoms with Crippen LogP contribution in [0, 0.1) is 11.3 Å². The van der Waals surface area contributed by atoms with Crippen molar-refractivity contribution in [2.45, 2.75) is 52.5 Å². The van der Waals surface area contributed by atoms with Crippen molar-refractivity contribution < 1.29 is 4.52 Å². The molecule has 2 rings (SSSR count). The molecule has 2 N–H and O–H groups in total. The number of nitrogens with two attached hydrogens (primary N) is 1. The lowest BCUT2D eigenvalue weighted by Gasteiger charge is -2.25. The Morgan fingerprint density at radius 2 is 2.19 bits per heavy atom. The summed E-state index contributed by atoms with van der Waals surface area (Å²) in [5.74, 6) is 1.75. The van der Waals surface area contributed by atoms with E-state index in [1.807, 2.05) is 6.92 Å². The lowest BCUT2D eigenvalue weighted by Crippen LogP contribution is -2.40. The molecule has 2 unspecified atom stereocenters. The van der Waals surface area contributed by atoms with Crippen LogP contribution in [0.1, 0.15) is 52.3 Å². The summed E-state index contributed by atoms with van der Waals surface area (Å²) in [4.78, 5) is 4.40. The lowest BCUT2D eigenvalue weighted by atomic mass is 9.87. The lowest BCUT2D eigenvalue weighted by molar-refractivity contribution is 0.293. The fourth-order valence-electron chi connectivity index (χ4n) is 2.94. The van der Waals surface area contributed by atoms with Crippen molar-refractivity contribution in [3.05, 3.63) is 11.7 Å². The molecule has 0 spiro atoms. The third-order valence-electron chi connectivity index (χ3n) is 3.70. The molecule has 4 nitrogen and oxygen atoms in total. The molecular weight excluding hydrogens is 202 g/mol. The number of aryl methyl sites for hydroxylation is 1. The zero-order chi connectivity index (χ0) is 12.0. The van der Waals surface area contributed by atoms with Gasteiger partial charge in [-0.1, -0.05) is 32.9 Å². The van der Waals surface area contributed by atoms with Crippen LogP contribution in [0.25, 0.3) is 0 Å². The van der Waals surface area contributed by atoms with Gasteiger partial charge in [0.05, 0.1) is 5.54 Å². The van der Waals surface area contributed by atoms with Crippen LogP contribution >= 0.6 is 0 Å².